The molecular weight excluding hydrogens is 1200 g/mol. The average Bonchev–Trinajstić information content (AvgIpc) is 1.43. The van der Waals surface area contributed by atoms with Crippen LogP contribution in [-0.4, -0.2) is 15.8 Å². The minimum Gasteiger partial charge on any atom is -0.310 e. The topological polar surface area (TPSA) is 16.3 Å². The quantitative estimate of drug-likeness (QED) is 0.141. The summed E-state index contributed by atoms with van der Waals surface area (Å²) in [5, 5.41) is -0.855. The number of benzene rings is 13. The van der Waals surface area contributed by atoms with E-state index in [0.29, 0.717) is 89.2 Å². The lowest BCUT2D eigenvalue weighted by Gasteiger charge is -2.47. The van der Waals surface area contributed by atoms with E-state index >= 15 is 0 Å². The van der Waals surface area contributed by atoms with Crippen molar-refractivity contribution in [1.29, 1.82) is 0 Å². The number of fused-ring (bicyclic) bond motifs is 10. The van der Waals surface area contributed by atoms with Gasteiger partial charge in [0.05, 0.1) is 55.4 Å². The van der Waals surface area contributed by atoms with Crippen molar-refractivity contribution in [1.82, 2.24) is 9.13 Å². The normalized spacial score (nSPS) is 17.6. The van der Waals surface area contributed by atoms with Crippen molar-refractivity contribution in [3.63, 3.8) is 0 Å². The molecule has 0 unspecified atom stereocenters. The fraction of sp³-hybridized carbons (Fsp3) is 0.170. The summed E-state index contributed by atoms with van der Waals surface area (Å²) in [6.45, 7) is 5.29. The van der Waals surface area contributed by atoms with Gasteiger partial charge in [0.1, 0.15) is 0 Å². The monoisotopic (exact) mass is 1310 g/mol. The van der Waals surface area contributed by atoms with Gasteiger partial charge in [-0.1, -0.05) is 266 Å². The standard InChI is InChI=1S/C94H83BN4/c1-58-44-59(2)47-64(46-58)77-52-66(92(5,6)7)50-75(62-28-16-14-17-29-62)90(77)98-85-56-69(96-81-36-24-20-32-71(81)72-33-21-25-37-82(72)96)40-42-79(85)95-80-43-41-70(97-83-38-26-22-34-73(83)74-35-23-27-39-84(74)97)57-86(80)99(88-55-68(94(11,12)13)54-87(98)89(88)95)91-76(63-30-18-15-19-31-63)51-67(93(8,9)10)53-78(91)65-48-60(3)45-61(4)49-65/h14-57H,1-13H3/i1D3,2D3,3D3,4D3,20D,21D,22D,23D,24D,25D,26D,27D,32D,33D,34D,35D,36D,37D,38D,39D. The van der Waals surface area contributed by atoms with E-state index in [0.717, 1.165) is 12.1 Å². The number of anilines is 6. The van der Waals surface area contributed by atoms with E-state index in [1.165, 1.54) is 33.4 Å². The molecule has 4 heterocycles. The molecule has 0 radical (unpaired) electrons. The molecule has 0 bridgehead atoms. The van der Waals surface area contributed by atoms with Gasteiger partial charge in [0.25, 0.3) is 6.71 Å². The molecule has 15 aromatic rings. The van der Waals surface area contributed by atoms with Gasteiger partial charge in [0, 0.05) is 94.4 Å². The lowest BCUT2D eigenvalue weighted by atomic mass is 9.33. The van der Waals surface area contributed by atoms with E-state index in [4.69, 9.17) is 21.9 Å². The van der Waals surface area contributed by atoms with Gasteiger partial charge in [-0.05, 0) is 184 Å². The summed E-state index contributed by atoms with van der Waals surface area (Å²) in [6.07, 6.45) is 0. The fourth-order valence-electron chi connectivity index (χ4n) is 14.8. The van der Waals surface area contributed by atoms with Crippen molar-refractivity contribution >= 4 is 101 Å². The summed E-state index contributed by atoms with van der Waals surface area (Å²) in [6, 6.07) is 39.1. The summed E-state index contributed by atoms with van der Waals surface area (Å²) in [4.78, 5) is 4.01. The van der Waals surface area contributed by atoms with Crippen molar-refractivity contribution in [3.8, 4) is 55.9 Å². The number of rotatable bonds is 8. The van der Waals surface area contributed by atoms with Crippen LogP contribution in [0.4, 0.5) is 34.1 Å². The van der Waals surface area contributed by atoms with Crippen LogP contribution >= 0.6 is 0 Å². The third-order valence-corrected chi connectivity index (χ3v) is 19.5. The highest BCUT2D eigenvalue weighted by molar-refractivity contribution is 7.00. The van der Waals surface area contributed by atoms with E-state index in [2.05, 4.69) is 0 Å². The van der Waals surface area contributed by atoms with Crippen molar-refractivity contribution < 1.29 is 38.4 Å². The van der Waals surface area contributed by atoms with Crippen LogP contribution in [0, 0.1) is 27.4 Å². The van der Waals surface area contributed by atoms with E-state index < -0.39 is 147 Å². The second-order valence-corrected chi connectivity index (χ2v) is 29.0. The van der Waals surface area contributed by atoms with Gasteiger partial charge >= 0.3 is 0 Å². The molecule has 17 rings (SSSR count). The molecule has 0 saturated carbocycles. The number of aromatic nitrogens is 2. The lowest BCUT2D eigenvalue weighted by Crippen LogP contribution is -2.61. The molecule has 482 valence electrons. The third kappa shape index (κ3) is 10.2. The third-order valence-electron chi connectivity index (χ3n) is 19.5. The van der Waals surface area contributed by atoms with E-state index in [9.17, 15) is 16.4 Å². The first kappa shape index (κ1) is 38.3. The van der Waals surface area contributed by atoms with Crippen LogP contribution in [-0.2, 0) is 16.2 Å². The fourth-order valence-corrected chi connectivity index (χ4v) is 14.8. The van der Waals surface area contributed by atoms with E-state index in [1.54, 1.807) is 36.4 Å². The number of para-hydroxylation sites is 4. The lowest BCUT2D eigenvalue weighted by molar-refractivity contribution is 0.590. The maximum Gasteiger partial charge on any atom is 0.252 e. The molecule has 0 saturated heterocycles. The molecule has 0 aliphatic carbocycles. The molecule has 13 aromatic carbocycles. The Balaban J connectivity index is 1.15. The van der Waals surface area contributed by atoms with Crippen LogP contribution in [0.5, 0.6) is 0 Å². The molecule has 0 spiro atoms. The van der Waals surface area contributed by atoms with Gasteiger partial charge in [0.15, 0.2) is 0 Å². The Bertz CT molecular complexity index is 6640. The molecule has 2 aliphatic rings. The molecule has 2 aromatic heterocycles. The van der Waals surface area contributed by atoms with Gasteiger partial charge in [-0.2, -0.15) is 0 Å². The van der Waals surface area contributed by atoms with Gasteiger partial charge in [0.2, 0.25) is 0 Å². The van der Waals surface area contributed by atoms with Gasteiger partial charge in [-0.25, -0.2) is 0 Å². The Morgan fingerprint density at radius 1 is 0.313 bits per heavy atom. The van der Waals surface area contributed by atoms with E-state index in [-0.39, 0.29) is 99.7 Å². The molecule has 2 aliphatic heterocycles. The van der Waals surface area contributed by atoms with Crippen molar-refractivity contribution in [3.05, 3.63) is 305 Å². The smallest absolute Gasteiger partial charge is 0.252 e. The molecular formula is C94H83BN4. The Morgan fingerprint density at radius 3 is 0.949 bits per heavy atom. The number of hydrogen-bond donors (Lipinski definition) is 0. The minimum absolute atomic E-state index is 0.0953. The highest BCUT2D eigenvalue weighted by Gasteiger charge is 2.47. The van der Waals surface area contributed by atoms with Crippen LogP contribution < -0.4 is 26.2 Å². The second kappa shape index (κ2) is 22.9. The Morgan fingerprint density at radius 2 is 0.626 bits per heavy atom. The molecule has 0 fully saturated rings. The number of nitrogens with zero attached hydrogens (tertiary/aromatic N) is 4. The number of aryl methyl sites for hydroxylation is 4. The maximum absolute atomic E-state index is 9.89. The minimum atomic E-state index is -2.91. The molecule has 4 nitrogen and oxygen atoms in total. The van der Waals surface area contributed by atoms with Crippen LogP contribution in [0.25, 0.3) is 99.5 Å². The Labute approximate surface area is 623 Å². The summed E-state index contributed by atoms with van der Waals surface area (Å²) in [5.41, 5.74) is 4.30. The predicted molar refractivity (Wildman–Crippen MR) is 426 cm³/mol. The first-order valence-corrected chi connectivity index (χ1v) is 33.0. The predicted octanol–water partition coefficient (Wildman–Crippen LogP) is 23.8. The average molecular weight is 1310 g/mol. The molecule has 5 heteroatoms. The van der Waals surface area contributed by atoms with Crippen LogP contribution in [0.2, 0.25) is 0 Å². The van der Waals surface area contributed by atoms with Crippen LogP contribution in [0.15, 0.2) is 267 Å². The zero-order chi connectivity index (χ0) is 92.1. The van der Waals surface area contributed by atoms with Crippen molar-refractivity contribution in [2.75, 3.05) is 9.80 Å². The zero-order valence-corrected chi connectivity index (χ0v) is 56.0. The first-order chi connectivity index (χ1) is 59.1. The molecule has 99 heavy (non-hydrogen) atoms. The molecule has 0 N–H and O–H groups in total. The Hall–Kier alpha value is -10.9. The van der Waals surface area contributed by atoms with Crippen LogP contribution in [0.3, 0.4) is 0 Å². The highest BCUT2D eigenvalue weighted by Crippen LogP contribution is 2.56. The zero-order valence-electron chi connectivity index (χ0n) is 84.0. The molecule has 0 atom stereocenters. The summed E-state index contributed by atoms with van der Waals surface area (Å²) < 4.78 is 264. The van der Waals surface area contributed by atoms with Gasteiger partial charge in [-0.3, -0.25) is 0 Å². The summed E-state index contributed by atoms with van der Waals surface area (Å²) >= 11 is 0. The largest absolute Gasteiger partial charge is 0.310 e. The second-order valence-electron chi connectivity index (χ2n) is 29.0. The first-order valence-electron chi connectivity index (χ1n) is 47.0. The van der Waals surface area contributed by atoms with Gasteiger partial charge < -0.3 is 18.9 Å². The van der Waals surface area contributed by atoms with E-state index in [1.807, 2.05) is 169 Å². The number of hydrogen-bond acceptors (Lipinski definition) is 2. The molecule has 0 amide bonds. The van der Waals surface area contributed by atoms with Crippen molar-refractivity contribution in [2.24, 2.45) is 0 Å². The summed E-state index contributed by atoms with van der Waals surface area (Å²) in [5.74, 6) is 0. The highest BCUT2D eigenvalue weighted by atomic mass is 15.2. The van der Waals surface area contributed by atoms with Gasteiger partial charge in [-0.15, -0.1) is 0 Å². The summed E-state index contributed by atoms with van der Waals surface area (Å²) in [7, 11) is 0. The Kier molecular flexibility index (Phi) is 8.85. The maximum atomic E-state index is 9.89. The SMILES string of the molecule is [2H]c1c([2H])c([2H])c2c(c1[2H])c1c([2H])c([2H])c([2H])c([2H])c1n2-c1ccc2c(c1)N(c1c(-c3ccccc3)cc(C(C)(C)C)cc1-c1cc(C([2H])([2H])[2H])cc(C([2H])([2H])[2H])c1)c1cc(C(C)(C)C)cc3c1B2c1ccc(-n2c4c([2H])c([2H])c([2H])c([2H])c4c4c([2H])c([2H])c([2H])c([2H])c42)cc1N3c1c(-c2ccccc2)cc(C(C)(C)C)cc1-c1cc(C([2H])([2H])[2H])cc(C([2H])([2H])[2H])c1. The van der Waals surface area contributed by atoms with Crippen LogP contribution in [0.1, 0.15) is 140 Å². The van der Waals surface area contributed by atoms with Crippen molar-refractivity contribution in [2.45, 2.75) is 106 Å².